The third kappa shape index (κ3) is 11.9. The van der Waals surface area contributed by atoms with Gasteiger partial charge in [0.25, 0.3) is 0 Å². The normalized spacial score (nSPS) is 13.5. The number of amides is 2. The maximum absolute atomic E-state index is 13.1. The predicted molar refractivity (Wildman–Crippen MR) is 181 cm³/mol. The SMILES string of the molecule is CC.CNN(C)Cc1cc2cccnc2n1CCC(=O)N1CCC(NCCOCCOCCC(=O)Nc2ccc(C=O)cc2)CC1. The lowest BCUT2D eigenvalue weighted by Crippen LogP contribution is -2.45. The summed E-state index contributed by atoms with van der Waals surface area (Å²) >= 11 is 0. The molecule has 0 spiro atoms. The molecule has 0 radical (unpaired) electrons. The number of carbonyl (C=O) groups is 3. The zero-order valence-electron chi connectivity index (χ0n) is 27.8. The fourth-order valence-electron chi connectivity index (χ4n) is 5.23. The van der Waals surface area contributed by atoms with Gasteiger partial charge in [0, 0.05) is 74.2 Å². The number of hydrogen-bond donors (Lipinski definition) is 3. The number of fused-ring (bicyclic) bond motifs is 1. The monoisotopic (exact) mass is 637 g/mol. The average Bonchev–Trinajstić information content (AvgIpc) is 3.44. The number of rotatable bonds is 18. The molecule has 1 fully saturated rings. The summed E-state index contributed by atoms with van der Waals surface area (Å²) in [4.78, 5) is 42.3. The van der Waals surface area contributed by atoms with E-state index in [2.05, 4.69) is 37.7 Å². The number of anilines is 1. The van der Waals surface area contributed by atoms with Gasteiger partial charge in [0.1, 0.15) is 11.9 Å². The summed E-state index contributed by atoms with van der Waals surface area (Å²) in [6.07, 6.45) is 5.10. The van der Waals surface area contributed by atoms with Crippen LogP contribution in [0.1, 0.15) is 55.6 Å². The van der Waals surface area contributed by atoms with E-state index in [0.717, 1.165) is 62.0 Å². The van der Waals surface area contributed by atoms with E-state index in [9.17, 15) is 14.4 Å². The minimum atomic E-state index is -0.143. The van der Waals surface area contributed by atoms with Gasteiger partial charge in [0.2, 0.25) is 11.8 Å². The summed E-state index contributed by atoms with van der Waals surface area (Å²) in [7, 11) is 3.89. The summed E-state index contributed by atoms with van der Waals surface area (Å²) in [5, 5.41) is 9.41. The number of benzene rings is 1. The first-order chi connectivity index (χ1) is 22.5. The highest BCUT2D eigenvalue weighted by Gasteiger charge is 2.23. The van der Waals surface area contributed by atoms with E-state index < -0.39 is 0 Å². The minimum absolute atomic E-state index is 0.143. The Hall–Kier alpha value is -3.68. The molecule has 0 bridgehead atoms. The molecule has 0 atom stereocenters. The number of likely N-dealkylation sites (tertiary alicyclic amines) is 1. The highest BCUT2D eigenvalue weighted by atomic mass is 16.5. The Labute approximate surface area is 272 Å². The van der Waals surface area contributed by atoms with E-state index in [1.165, 1.54) is 0 Å². The highest BCUT2D eigenvalue weighted by Crippen LogP contribution is 2.20. The van der Waals surface area contributed by atoms with Crippen molar-refractivity contribution < 1.29 is 23.9 Å². The molecule has 3 N–H and O–H groups in total. The summed E-state index contributed by atoms with van der Waals surface area (Å²) in [5.74, 6) is 0.0408. The van der Waals surface area contributed by atoms with Crippen LogP contribution in [0.25, 0.3) is 11.0 Å². The number of piperidine rings is 1. The fourth-order valence-corrected chi connectivity index (χ4v) is 5.23. The molecule has 3 heterocycles. The lowest BCUT2D eigenvalue weighted by atomic mass is 10.0. The largest absolute Gasteiger partial charge is 0.379 e. The van der Waals surface area contributed by atoms with Crippen LogP contribution < -0.4 is 16.1 Å². The Morgan fingerprint density at radius 1 is 1.02 bits per heavy atom. The van der Waals surface area contributed by atoms with Crippen molar-refractivity contribution in [3.8, 4) is 0 Å². The van der Waals surface area contributed by atoms with Gasteiger partial charge in [-0.2, -0.15) is 0 Å². The quantitative estimate of drug-likeness (QED) is 0.109. The second-order valence-corrected chi connectivity index (χ2v) is 10.9. The van der Waals surface area contributed by atoms with Crippen LogP contribution in [-0.2, 0) is 32.2 Å². The van der Waals surface area contributed by atoms with Crippen molar-refractivity contribution in [1.82, 2.24) is 30.2 Å². The average molecular weight is 638 g/mol. The summed E-state index contributed by atoms with van der Waals surface area (Å²) in [6, 6.07) is 13.2. The Balaban J connectivity index is 0.00000282. The second-order valence-electron chi connectivity index (χ2n) is 10.9. The first-order valence-electron chi connectivity index (χ1n) is 16.3. The molecule has 4 rings (SSSR count). The topological polar surface area (TPSA) is 130 Å². The van der Waals surface area contributed by atoms with Gasteiger partial charge >= 0.3 is 0 Å². The van der Waals surface area contributed by atoms with Crippen LogP contribution in [0.5, 0.6) is 0 Å². The van der Waals surface area contributed by atoms with Crippen LogP contribution in [0, 0.1) is 0 Å². The Bertz CT molecular complexity index is 1340. The van der Waals surface area contributed by atoms with Crippen LogP contribution in [0.3, 0.4) is 0 Å². The van der Waals surface area contributed by atoms with Crippen molar-refractivity contribution in [3.05, 3.63) is 59.9 Å². The summed E-state index contributed by atoms with van der Waals surface area (Å²) in [5.41, 5.74) is 6.39. The molecule has 1 aliphatic rings. The molecule has 2 amide bonds. The van der Waals surface area contributed by atoms with Gasteiger partial charge in [0.15, 0.2) is 0 Å². The lowest BCUT2D eigenvalue weighted by Gasteiger charge is -2.32. The Morgan fingerprint density at radius 3 is 2.43 bits per heavy atom. The molecule has 252 valence electrons. The molecular formula is C34H51N7O5. The minimum Gasteiger partial charge on any atom is -0.379 e. The third-order valence-corrected chi connectivity index (χ3v) is 7.77. The van der Waals surface area contributed by atoms with Crippen molar-refractivity contribution in [3.63, 3.8) is 0 Å². The molecule has 3 aromatic rings. The predicted octanol–water partition coefficient (Wildman–Crippen LogP) is 3.47. The zero-order chi connectivity index (χ0) is 33.1. The van der Waals surface area contributed by atoms with Crippen molar-refractivity contribution in [1.29, 1.82) is 0 Å². The second kappa shape index (κ2) is 20.4. The van der Waals surface area contributed by atoms with E-state index in [-0.39, 0.29) is 18.2 Å². The van der Waals surface area contributed by atoms with Crippen LogP contribution in [0.4, 0.5) is 5.69 Å². The molecule has 2 aromatic heterocycles. The smallest absolute Gasteiger partial charge is 0.226 e. The van der Waals surface area contributed by atoms with Crippen LogP contribution in [0.15, 0.2) is 48.7 Å². The highest BCUT2D eigenvalue weighted by molar-refractivity contribution is 5.91. The number of ether oxygens (including phenoxy) is 2. The van der Waals surface area contributed by atoms with Crippen LogP contribution in [0.2, 0.25) is 0 Å². The number of aryl methyl sites for hydroxylation is 1. The number of nitrogens with one attached hydrogen (secondary N) is 3. The van der Waals surface area contributed by atoms with Gasteiger partial charge in [-0.1, -0.05) is 13.8 Å². The third-order valence-electron chi connectivity index (χ3n) is 7.77. The molecule has 1 aromatic carbocycles. The maximum atomic E-state index is 13.1. The first kappa shape index (κ1) is 36.8. The Kier molecular flexibility index (Phi) is 16.3. The molecule has 1 saturated heterocycles. The van der Waals surface area contributed by atoms with E-state index in [0.29, 0.717) is 56.7 Å². The molecule has 12 heteroatoms. The number of aromatic nitrogens is 2. The van der Waals surface area contributed by atoms with Gasteiger partial charge in [-0.05, 0) is 62.4 Å². The standard InChI is InChI=1S/C32H45N7O5.C2H6/c1-33-37(2)23-29-22-26-4-3-13-35-32(26)39(29)17-11-31(42)38-15-9-27(10-16-38)34-14-19-44-21-20-43-18-12-30(41)36-28-7-5-25(24-40)6-8-28;1-2/h3-8,13,22,24,27,33-34H,9-12,14-21,23H2,1-2H3,(H,36,41);1-2H3. The van der Waals surface area contributed by atoms with Crippen molar-refractivity contribution >= 4 is 34.8 Å². The lowest BCUT2D eigenvalue weighted by molar-refractivity contribution is -0.132. The number of nitrogens with zero attached hydrogens (tertiary/aromatic N) is 4. The molecule has 46 heavy (non-hydrogen) atoms. The summed E-state index contributed by atoms with van der Waals surface area (Å²) < 4.78 is 13.3. The number of carbonyl (C=O) groups excluding carboxylic acids is 3. The number of hydrogen-bond acceptors (Lipinski definition) is 9. The zero-order valence-corrected chi connectivity index (χ0v) is 27.8. The van der Waals surface area contributed by atoms with Gasteiger partial charge in [-0.3, -0.25) is 19.8 Å². The van der Waals surface area contributed by atoms with Crippen molar-refractivity contribution in [2.45, 2.75) is 58.7 Å². The van der Waals surface area contributed by atoms with Crippen molar-refractivity contribution in [2.24, 2.45) is 0 Å². The van der Waals surface area contributed by atoms with E-state index in [4.69, 9.17) is 9.47 Å². The van der Waals surface area contributed by atoms with Gasteiger partial charge in [0.05, 0.1) is 39.4 Å². The van der Waals surface area contributed by atoms with Crippen molar-refractivity contribution in [2.75, 3.05) is 65.5 Å². The van der Waals surface area contributed by atoms with Crippen LogP contribution >= 0.6 is 0 Å². The molecule has 0 unspecified atom stereocenters. The molecular weight excluding hydrogens is 586 g/mol. The van der Waals surface area contributed by atoms with E-state index >= 15 is 0 Å². The molecule has 1 aliphatic heterocycles. The number of pyridine rings is 1. The maximum Gasteiger partial charge on any atom is 0.226 e. The Morgan fingerprint density at radius 2 is 1.74 bits per heavy atom. The number of aldehydes is 1. The van der Waals surface area contributed by atoms with Gasteiger partial charge in [-0.25, -0.2) is 9.99 Å². The summed E-state index contributed by atoms with van der Waals surface area (Å²) in [6.45, 7) is 9.33. The first-order valence-corrected chi connectivity index (χ1v) is 16.3. The molecule has 12 nitrogen and oxygen atoms in total. The van der Waals surface area contributed by atoms with E-state index in [1.807, 2.05) is 43.9 Å². The van der Waals surface area contributed by atoms with E-state index in [1.54, 1.807) is 30.5 Å². The van der Waals surface area contributed by atoms with Crippen LogP contribution in [-0.4, -0.2) is 104 Å². The van der Waals surface area contributed by atoms with Gasteiger partial charge in [-0.15, -0.1) is 0 Å². The van der Waals surface area contributed by atoms with Gasteiger partial charge < -0.3 is 29.6 Å². The number of hydrazine groups is 1. The molecule has 0 saturated carbocycles. The molecule has 0 aliphatic carbocycles. The fraction of sp³-hybridized carbons (Fsp3) is 0.529.